The van der Waals surface area contributed by atoms with Crippen LogP contribution in [0.5, 0.6) is 0 Å². The van der Waals surface area contributed by atoms with Crippen LogP contribution in [0.4, 0.5) is 0 Å². The Kier molecular flexibility index (Phi) is 10.8. The van der Waals surface area contributed by atoms with Crippen LogP contribution in [0.25, 0.3) is 0 Å². The molecule has 5 atom stereocenters. The maximum atomic E-state index is 12.5. The number of carbonyl (C=O) groups excluding carboxylic acids is 4. The van der Waals surface area contributed by atoms with Gasteiger partial charge in [-0.3, -0.25) is 19.2 Å². The molecule has 0 saturated heterocycles. The third-order valence-electron chi connectivity index (χ3n) is 3.90. The highest BCUT2D eigenvalue weighted by molar-refractivity contribution is 5.96. The van der Waals surface area contributed by atoms with Crippen LogP contribution in [-0.2, 0) is 24.0 Å². The Bertz CT molecular complexity index is 624. The number of hydrogen-bond donors (Lipinski definition) is 8. The standard InChI is InChI=1S/C16H29N5O8/c1-6(2)12(15(27)20-9(5-22)16(28)29)21-13(25)8(4-10(17)24)19-14(26)11(18)7(3)23/h6-9,11-12,22-23H,4-5,18H2,1-3H3,(H2,17,24)(H,19,26)(H,20,27)(H,21,25)(H,28,29). The quantitative estimate of drug-likeness (QED) is 0.153. The zero-order valence-corrected chi connectivity index (χ0v) is 16.4. The fourth-order valence-electron chi connectivity index (χ4n) is 2.13. The molecule has 0 aliphatic rings. The normalized spacial score (nSPS) is 16.1. The van der Waals surface area contributed by atoms with Gasteiger partial charge in [0.1, 0.15) is 24.2 Å². The van der Waals surface area contributed by atoms with Gasteiger partial charge in [0.2, 0.25) is 23.6 Å². The average molecular weight is 419 g/mol. The average Bonchev–Trinajstić information content (AvgIpc) is 2.61. The van der Waals surface area contributed by atoms with Crippen LogP contribution in [-0.4, -0.2) is 81.8 Å². The number of amides is 4. The molecule has 166 valence electrons. The first-order valence-corrected chi connectivity index (χ1v) is 8.78. The van der Waals surface area contributed by atoms with E-state index in [2.05, 4.69) is 16.0 Å². The Labute approximate surface area is 167 Å². The van der Waals surface area contributed by atoms with E-state index in [-0.39, 0.29) is 0 Å². The molecule has 0 heterocycles. The van der Waals surface area contributed by atoms with Crippen molar-refractivity contribution in [1.82, 2.24) is 16.0 Å². The molecule has 13 nitrogen and oxygen atoms in total. The zero-order chi connectivity index (χ0) is 22.9. The number of aliphatic hydroxyl groups is 2. The summed E-state index contributed by atoms with van der Waals surface area (Å²) in [7, 11) is 0. The minimum absolute atomic E-state index is 0.517. The van der Waals surface area contributed by atoms with E-state index in [4.69, 9.17) is 21.7 Å². The predicted octanol–water partition coefficient (Wildman–Crippen LogP) is -4.24. The molecule has 0 bridgehead atoms. The molecule has 0 aliphatic carbocycles. The molecule has 0 aromatic heterocycles. The summed E-state index contributed by atoms with van der Waals surface area (Å²) in [6.07, 6.45) is -1.84. The molecule has 13 heteroatoms. The molecule has 0 aliphatic heterocycles. The molecule has 0 saturated carbocycles. The zero-order valence-electron chi connectivity index (χ0n) is 16.4. The summed E-state index contributed by atoms with van der Waals surface area (Å²) in [5.74, 6) is -5.66. The van der Waals surface area contributed by atoms with Gasteiger partial charge < -0.3 is 42.7 Å². The smallest absolute Gasteiger partial charge is 0.328 e. The molecule has 0 spiro atoms. The Morgan fingerprint density at radius 1 is 0.897 bits per heavy atom. The van der Waals surface area contributed by atoms with Crippen molar-refractivity contribution < 1.29 is 39.3 Å². The number of hydrogen-bond acceptors (Lipinski definition) is 8. The van der Waals surface area contributed by atoms with Gasteiger partial charge in [0.05, 0.1) is 19.1 Å². The fourth-order valence-corrected chi connectivity index (χ4v) is 2.13. The molecule has 0 fully saturated rings. The first-order chi connectivity index (χ1) is 13.3. The second kappa shape index (κ2) is 11.9. The van der Waals surface area contributed by atoms with Gasteiger partial charge in [0.15, 0.2) is 0 Å². The van der Waals surface area contributed by atoms with Crippen LogP contribution < -0.4 is 27.4 Å². The van der Waals surface area contributed by atoms with Crippen LogP contribution in [0, 0.1) is 5.92 Å². The van der Waals surface area contributed by atoms with Crippen molar-refractivity contribution in [2.45, 2.75) is 57.5 Å². The number of primary amides is 1. The van der Waals surface area contributed by atoms with Crippen molar-refractivity contribution in [2.75, 3.05) is 6.61 Å². The Morgan fingerprint density at radius 2 is 1.41 bits per heavy atom. The van der Waals surface area contributed by atoms with Crippen molar-refractivity contribution in [2.24, 2.45) is 17.4 Å². The first kappa shape index (κ1) is 26.2. The van der Waals surface area contributed by atoms with E-state index in [0.29, 0.717) is 0 Å². The summed E-state index contributed by atoms with van der Waals surface area (Å²) >= 11 is 0. The van der Waals surface area contributed by atoms with Crippen molar-refractivity contribution in [1.29, 1.82) is 0 Å². The summed E-state index contributed by atoms with van der Waals surface area (Å²) in [4.78, 5) is 59.1. The van der Waals surface area contributed by atoms with Gasteiger partial charge in [-0.25, -0.2) is 4.79 Å². The van der Waals surface area contributed by atoms with Gasteiger partial charge in [-0.15, -0.1) is 0 Å². The lowest BCUT2D eigenvalue weighted by Gasteiger charge is -2.26. The summed E-state index contributed by atoms with van der Waals surface area (Å²) in [5, 5.41) is 33.9. The Morgan fingerprint density at radius 3 is 1.79 bits per heavy atom. The van der Waals surface area contributed by atoms with Gasteiger partial charge in [-0.1, -0.05) is 13.8 Å². The second-order valence-corrected chi connectivity index (χ2v) is 6.81. The molecular formula is C16H29N5O8. The highest BCUT2D eigenvalue weighted by Gasteiger charge is 2.32. The molecule has 29 heavy (non-hydrogen) atoms. The Balaban J connectivity index is 5.38. The van der Waals surface area contributed by atoms with Crippen LogP contribution in [0.2, 0.25) is 0 Å². The minimum atomic E-state index is -1.58. The van der Waals surface area contributed by atoms with Gasteiger partial charge in [-0.2, -0.15) is 0 Å². The number of carboxylic acids is 1. The fraction of sp³-hybridized carbons (Fsp3) is 0.688. The van der Waals surface area contributed by atoms with Gasteiger partial charge in [0.25, 0.3) is 0 Å². The third kappa shape index (κ3) is 8.85. The van der Waals surface area contributed by atoms with E-state index in [1.165, 1.54) is 6.92 Å². The number of carboxylic acid groups (broad SMARTS) is 1. The molecule has 0 radical (unpaired) electrons. The summed E-state index contributed by atoms with van der Waals surface area (Å²) < 4.78 is 0. The number of nitrogens with two attached hydrogens (primary N) is 2. The molecule has 0 aromatic carbocycles. The number of aliphatic hydroxyl groups excluding tert-OH is 2. The maximum Gasteiger partial charge on any atom is 0.328 e. The molecule has 0 aromatic rings. The molecule has 10 N–H and O–H groups in total. The lowest BCUT2D eigenvalue weighted by atomic mass is 10.0. The van der Waals surface area contributed by atoms with Gasteiger partial charge >= 0.3 is 5.97 Å². The topological polar surface area (TPSA) is 234 Å². The summed E-state index contributed by atoms with van der Waals surface area (Å²) in [5.41, 5.74) is 10.6. The monoisotopic (exact) mass is 419 g/mol. The van der Waals surface area contributed by atoms with Crippen LogP contribution in [0.1, 0.15) is 27.2 Å². The molecule has 4 amide bonds. The highest BCUT2D eigenvalue weighted by atomic mass is 16.4. The SMILES string of the molecule is CC(C)C(NC(=O)C(CC(N)=O)NC(=O)C(N)C(C)O)C(=O)NC(CO)C(=O)O. The number of rotatable bonds is 12. The molecule has 5 unspecified atom stereocenters. The van der Waals surface area contributed by atoms with Gasteiger partial charge in [-0.05, 0) is 12.8 Å². The van der Waals surface area contributed by atoms with Crippen molar-refractivity contribution in [3.05, 3.63) is 0 Å². The lowest BCUT2D eigenvalue weighted by molar-refractivity contribution is -0.143. The first-order valence-electron chi connectivity index (χ1n) is 8.78. The summed E-state index contributed by atoms with van der Waals surface area (Å²) in [6.45, 7) is 3.51. The number of carbonyl (C=O) groups is 5. The van der Waals surface area contributed by atoms with Gasteiger partial charge in [0, 0.05) is 0 Å². The summed E-state index contributed by atoms with van der Waals surface area (Å²) in [6, 6.07) is -5.67. The molecule has 0 rings (SSSR count). The minimum Gasteiger partial charge on any atom is -0.480 e. The van der Waals surface area contributed by atoms with E-state index in [0.717, 1.165) is 0 Å². The second-order valence-electron chi connectivity index (χ2n) is 6.81. The predicted molar refractivity (Wildman–Crippen MR) is 98.8 cm³/mol. The Hall–Kier alpha value is -2.77. The molecular weight excluding hydrogens is 390 g/mol. The largest absolute Gasteiger partial charge is 0.480 e. The van der Waals surface area contributed by atoms with E-state index in [9.17, 15) is 29.1 Å². The van der Waals surface area contributed by atoms with Crippen molar-refractivity contribution >= 4 is 29.6 Å². The van der Waals surface area contributed by atoms with E-state index >= 15 is 0 Å². The highest BCUT2D eigenvalue weighted by Crippen LogP contribution is 2.05. The van der Waals surface area contributed by atoms with Crippen molar-refractivity contribution in [3.8, 4) is 0 Å². The van der Waals surface area contributed by atoms with Crippen LogP contribution in [0.3, 0.4) is 0 Å². The lowest BCUT2D eigenvalue weighted by Crippen LogP contribution is -2.60. The number of aliphatic carboxylic acids is 1. The van der Waals surface area contributed by atoms with E-state index < -0.39 is 78.8 Å². The van der Waals surface area contributed by atoms with E-state index in [1.807, 2.05) is 0 Å². The van der Waals surface area contributed by atoms with E-state index in [1.54, 1.807) is 13.8 Å². The number of nitrogens with one attached hydrogen (secondary N) is 3. The van der Waals surface area contributed by atoms with Crippen molar-refractivity contribution in [3.63, 3.8) is 0 Å². The maximum absolute atomic E-state index is 12.5. The van der Waals surface area contributed by atoms with Crippen LogP contribution in [0.15, 0.2) is 0 Å². The third-order valence-corrected chi connectivity index (χ3v) is 3.90. The van der Waals surface area contributed by atoms with Crippen LogP contribution >= 0.6 is 0 Å².